The van der Waals surface area contributed by atoms with Crippen LogP contribution in [0.4, 0.5) is 11.8 Å². The third-order valence-corrected chi connectivity index (χ3v) is 4.21. The number of methoxy groups -OCH3 is 1. The van der Waals surface area contributed by atoms with Gasteiger partial charge in [0, 0.05) is 25.4 Å². The van der Waals surface area contributed by atoms with E-state index in [1.165, 1.54) is 0 Å². The van der Waals surface area contributed by atoms with Gasteiger partial charge in [0.05, 0.1) is 18.7 Å². The monoisotopic (exact) mass is 355 g/mol. The summed E-state index contributed by atoms with van der Waals surface area (Å²) < 4.78 is 18.7. The van der Waals surface area contributed by atoms with Gasteiger partial charge >= 0.3 is 0 Å². The van der Waals surface area contributed by atoms with Crippen molar-refractivity contribution in [1.29, 1.82) is 0 Å². The van der Waals surface area contributed by atoms with Gasteiger partial charge in [0.2, 0.25) is 5.95 Å². The zero-order chi connectivity index (χ0) is 17.9. The summed E-state index contributed by atoms with van der Waals surface area (Å²) in [6.07, 6.45) is 1.98. The maximum atomic E-state index is 5.84. The summed E-state index contributed by atoms with van der Waals surface area (Å²) in [4.78, 5) is 8.69. The van der Waals surface area contributed by atoms with Crippen LogP contribution >= 0.6 is 0 Å². The molecule has 0 spiro atoms. The lowest BCUT2D eigenvalue weighted by Crippen LogP contribution is -2.17. The first-order valence-corrected chi connectivity index (χ1v) is 8.49. The second kappa shape index (κ2) is 7.09. The van der Waals surface area contributed by atoms with Gasteiger partial charge in [0.1, 0.15) is 18.7 Å². The first-order valence-electron chi connectivity index (χ1n) is 8.49. The Kier molecular flexibility index (Phi) is 4.49. The van der Waals surface area contributed by atoms with Crippen LogP contribution in [0.25, 0.3) is 11.0 Å². The van der Waals surface area contributed by atoms with Crippen molar-refractivity contribution in [2.45, 2.75) is 6.54 Å². The average Bonchev–Trinajstić information content (AvgIpc) is 3.05. The molecule has 0 unspecified atom stereocenters. The van der Waals surface area contributed by atoms with Gasteiger partial charge in [0.25, 0.3) is 0 Å². The Labute approximate surface area is 150 Å². The zero-order valence-corrected chi connectivity index (χ0v) is 14.6. The largest absolute Gasteiger partial charge is 0.486 e. The Hall–Kier alpha value is -3.00. The number of para-hydroxylation sites is 1. The fourth-order valence-electron chi connectivity index (χ4n) is 3.09. The van der Waals surface area contributed by atoms with Crippen molar-refractivity contribution in [2.24, 2.45) is 0 Å². The predicted molar refractivity (Wildman–Crippen MR) is 98.8 cm³/mol. The second-order valence-corrected chi connectivity index (χ2v) is 5.97. The molecule has 0 saturated carbocycles. The van der Waals surface area contributed by atoms with E-state index in [1.807, 2.05) is 30.5 Å². The summed E-state index contributed by atoms with van der Waals surface area (Å²) in [5.41, 5.74) is 8.57. The van der Waals surface area contributed by atoms with E-state index in [0.717, 1.165) is 28.1 Å². The number of nitrogen functional groups attached to an aromatic ring is 1. The molecule has 1 aliphatic rings. The van der Waals surface area contributed by atoms with Gasteiger partial charge < -0.3 is 29.8 Å². The van der Waals surface area contributed by atoms with E-state index in [2.05, 4.69) is 19.9 Å². The smallest absolute Gasteiger partial charge is 0.222 e. The number of hydrogen-bond donors (Lipinski definition) is 2. The summed E-state index contributed by atoms with van der Waals surface area (Å²) in [7, 11) is 1.66. The fraction of sp³-hybridized carbons (Fsp3) is 0.333. The number of hydrogen-bond acceptors (Lipinski definition) is 7. The Morgan fingerprint density at radius 1 is 1.23 bits per heavy atom. The maximum Gasteiger partial charge on any atom is 0.222 e. The number of rotatable bonds is 6. The highest BCUT2D eigenvalue weighted by atomic mass is 16.6. The van der Waals surface area contributed by atoms with Crippen LogP contribution in [0.5, 0.6) is 11.5 Å². The van der Waals surface area contributed by atoms with Gasteiger partial charge in [-0.3, -0.25) is 0 Å². The summed E-state index contributed by atoms with van der Waals surface area (Å²) in [5.74, 6) is 2.51. The number of benzene rings is 1. The van der Waals surface area contributed by atoms with Crippen LogP contribution in [-0.2, 0) is 11.3 Å². The minimum Gasteiger partial charge on any atom is -0.486 e. The molecule has 8 heteroatoms. The molecule has 0 bridgehead atoms. The Bertz CT molecular complexity index is 925. The standard InChI is InChI=1S/C18H21N5O3/c1-24-8-6-20-17-15-13(21-18(19)22-17)5-7-23(15)11-12-3-2-4-14-16(12)26-10-9-25-14/h2-5,7H,6,8-11H2,1H3,(H3,19,20,21,22). The van der Waals surface area contributed by atoms with Gasteiger partial charge in [0.15, 0.2) is 17.3 Å². The Morgan fingerprint density at radius 2 is 2.12 bits per heavy atom. The van der Waals surface area contributed by atoms with Gasteiger partial charge in [-0.05, 0) is 12.1 Å². The Balaban J connectivity index is 1.71. The maximum absolute atomic E-state index is 5.84. The number of nitrogens with zero attached hydrogens (tertiary/aromatic N) is 3. The van der Waals surface area contributed by atoms with Crippen LogP contribution in [0, 0.1) is 0 Å². The number of anilines is 2. The lowest BCUT2D eigenvalue weighted by molar-refractivity contribution is 0.170. The molecule has 0 atom stereocenters. The van der Waals surface area contributed by atoms with Crippen LogP contribution in [0.3, 0.4) is 0 Å². The molecule has 3 heterocycles. The van der Waals surface area contributed by atoms with Crippen LogP contribution < -0.4 is 20.5 Å². The van der Waals surface area contributed by atoms with E-state index in [0.29, 0.717) is 38.7 Å². The summed E-state index contributed by atoms with van der Waals surface area (Å²) in [6, 6.07) is 7.87. The van der Waals surface area contributed by atoms with Gasteiger partial charge in [-0.25, -0.2) is 4.98 Å². The predicted octanol–water partition coefficient (Wildman–Crippen LogP) is 1.89. The highest BCUT2D eigenvalue weighted by Crippen LogP contribution is 2.35. The topological polar surface area (TPSA) is 96.5 Å². The SMILES string of the molecule is COCCNc1nc(N)nc2ccn(Cc3cccc4c3OCCO4)c12. The zero-order valence-electron chi connectivity index (χ0n) is 14.6. The Morgan fingerprint density at radius 3 is 3.00 bits per heavy atom. The number of fused-ring (bicyclic) bond motifs is 2. The molecule has 26 heavy (non-hydrogen) atoms. The summed E-state index contributed by atoms with van der Waals surface area (Å²) in [6.45, 7) is 2.94. The summed E-state index contributed by atoms with van der Waals surface area (Å²) in [5, 5.41) is 3.27. The lowest BCUT2D eigenvalue weighted by Gasteiger charge is -2.21. The van der Waals surface area contributed by atoms with E-state index in [1.54, 1.807) is 7.11 Å². The van der Waals surface area contributed by atoms with Crippen LogP contribution in [0.2, 0.25) is 0 Å². The third-order valence-electron chi connectivity index (χ3n) is 4.21. The van der Waals surface area contributed by atoms with E-state index >= 15 is 0 Å². The molecule has 4 rings (SSSR count). The third kappa shape index (κ3) is 3.11. The molecule has 0 amide bonds. The van der Waals surface area contributed by atoms with Crippen molar-refractivity contribution < 1.29 is 14.2 Å². The molecule has 0 fully saturated rings. The molecule has 2 aromatic heterocycles. The van der Waals surface area contributed by atoms with Crippen LogP contribution in [0.1, 0.15) is 5.56 Å². The molecule has 8 nitrogen and oxygen atoms in total. The van der Waals surface area contributed by atoms with E-state index in [-0.39, 0.29) is 5.95 Å². The van der Waals surface area contributed by atoms with Gasteiger partial charge in [-0.15, -0.1) is 0 Å². The van der Waals surface area contributed by atoms with E-state index in [4.69, 9.17) is 19.9 Å². The summed E-state index contributed by atoms with van der Waals surface area (Å²) >= 11 is 0. The average molecular weight is 355 g/mol. The van der Waals surface area contributed by atoms with Crippen LogP contribution in [0.15, 0.2) is 30.5 Å². The molecule has 0 aliphatic carbocycles. The quantitative estimate of drug-likeness (QED) is 0.652. The van der Waals surface area contributed by atoms with Crippen molar-refractivity contribution >= 4 is 22.8 Å². The number of nitrogens with one attached hydrogen (secondary N) is 1. The normalized spacial score (nSPS) is 13.1. The van der Waals surface area contributed by atoms with Crippen molar-refractivity contribution in [3.8, 4) is 11.5 Å². The minimum absolute atomic E-state index is 0.240. The highest BCUT2D eigenvalue weighted by molar-refractivity contribution is 5.87. The molecule has 0 saturated heterocycles. The molecule has 0 radical (unpaired) electrons. The van der Waals surface area contributed by atoms with E-state index < -0.39 is 0 Å². The van der Waals surface area contributed by atoms with Crippen molar-refractivity contribution in [2.75, 3.05) is 44.5 Å². The minimum atomic E-state index is 0.240. The van der Waals surface area contributed by atoms with Gasteiger partial charge in [-0.1, -0.05) is 12.1 Å². The molecular formula is C18H21N5O3. The molecular weight excluding hydrogens is 334 g/mol. The fourth-order valence-corrected chi connectivity index (χ4v) is 3.09. The molecule has 1 aromatic carbocycles. The van der Waals surface area contributed by atoms with Crippen molar-refractivity contribution in [3.05, 3.63) is 36.0 Å². The number of aromatic nitrogens is 3. The molecule has 136 valence electrons. The molecule has 3 aromatic rings. The highest BCUT2D eigenvalue weighted by Gasteiger charge is 2.17. The van der Waals surface area contributed by atoms with Crippen LogP contribution in [-0.4, -0.2) is 48.0 Å². The first kappa shape index (κ1) is 16.5. The first-order chi connectivity index (χ1) is 12.8. The van der Waals surface area contributed by atoms with Crippen molar-refractivity contribution in [1.82, 2.24) is 14.5 Å². The number of ether oxygens (including phenoxy) is 3. The van der Waals surface area contributed by atoms with Crippen molar-refractivity contribution in [3.63, 3.8) is 0 Å². The number of nitrogens with two attached hydrogens (primary N) is 1. The molecule has 1 aliphatic heterocycles. The van der Waals surface area contributed by atoms with E-state index in [9.17, 15) is 0 Å². The van der Waals surface area contributed by atoms with Gasteiger partial charge in [-0.2, -0.15) is 4.98 Å². The second-order valence-electron chi connectivity index (χ2n) is 5.97. The molecule has 3 N–H and O–H groups in total. The lowest BCUT2D eigenvalue weighted by atomic mass is 10.1.